The van der Waals surface area contributed by atoms with E-state index in [1.54, 1.807) is 19.2 Å². The molecular weight excluding hydrogens is 634 g/mol. The molecule has 1 aliphatic heterocycles. The van der Waals surface area contributed by atoms with Crippen LogP contribution in [0.1, 0.15) is 46.5 Å². The van der Waals surface area contributed by atoms with Crippen LogP contribution in [0.2, 0.25) is 0 Å². The smallest absolute Gasteiger partial charge is 0.354 e. The van der Waals surface area contributed by atoms with Gasteiger partial charge in [0.15, 0.2) is 11.3 Å². The first kappa shape index (κ1) is 30.6. The largest absolute Gasteiger partial charge is 0.494 e. The minimum Gasteiger partial charge on any atom is -0.494 e. The van der Waals surface area contributed by atoms with Gasteiger partial charge in [-0.15, -0.1) is 0 Å². The zero-order valence-electron chi connectivity index (χ0n) is 28.1. The summed E-state index contributed by atoms with van der Waals surface area (Å²) in [5, 5.41) is 1.43. The number of H-pyrrole nitrogens is 1. The van der Waals surface area contributed by atoms with Gasteiger partial charge in [-0.3, -0.25) is 9.59 Å². The third kappa shape index (κ3) is 4.72. The number of hydrogen-bond acceptors (Lipinski definition) is 8. The number of aromatic amines is 1. The van der Waals surface area contributed by atoms with Crippen LogP contribution in [0.5, 0.6) is 5.75 Å². The Morgan fingerprint density at radius 1 is 1.00 bits per heavy atom. The van der Waals surface area contributed by atoms with Gasteiger partial charge in [-0.05, 0) is 80.0 Å². The number of methoxy groups -OCH3 is 2. The highest BCUT2D eigenvalue weighted by molar-refractivity contribution is 6.00. The highest BCUT2D eigenvalue weighted by Gasteiger charge is 2.47. The second-order valence-corrected chi connectivity index (χ2v) is 14.0. The normalized spacial score (nSPS) is 20.0. The molecule has 1 saturated heterocycles. The third-order valence-electron chi connectivity index (χ3n) is 11.0. The first-order valence-corrected chi connectivity index (χ1v) is 17.1. The van der Waals surface area contributed by atoms with E-state index in [-0.39, 0.29) is 29.1 Å². The summed E-state index contributed by atoms with van der Waals surface area (Å²) < 4.78 is 14.9. The summed E-state index contributed by atoms with van der Waals surface area (Å²) in [5.41, 5.74) is 12.1. The number of nitrogens with zero attached hydrogens (tertiary/aromatic N) is 5. The maximum absolute atomic E-state index is 13.8. The van der Waals surface area contributed by atoms with Gasteiger partial charge in [-0.25, -0.2) is 14.8 Å². The van der Waals surface area contributed by atoms with Crippen LogP contribution in [-0.4, -0.2) is 73.7 Å². The number of esters is 1. The molecule has 3 atom stereocenters. The van der Waals surface area contributed by atoms with Gasteiger partial charge in [0.05, 0.1) is 31.1 Å². The molecule has 2 aliphatic carbocycles. The third-order valence-corrected chi connectivity index (χ3v) is 11.0. The number of ether oxygens (including phenoxy) is 2. The molecular formula is C38H37N7O5. The standard InChI is InChI=1S/C38H37N7O5/c1-43-34-27(13-23(15-32(34)49-2)37(47)45-18-22-8-11-29(45)33(22)39)42-36(43)30-14-21-7-9-25(41-35(21)44(30)17-19-4-5-19)20-6-10-26-24(12-20)31(46)16-28(40-26)38(48)50-3/h6-7,9-10,12-16,19,22,29,33H,4-5,8,11,17-18,39H2,1-3H3,(H,40,46)/t22?,29?,33-/m1/s1. The van der Waals surface area contributed by atoms with Gasteiger partial charge in [-0.1, -0.05) is 6.07 Å². The number of likely N-dealkylation sites (tertiary alicyclic amines) is 1. The van der Waals surface area contributed by atoms with Crippen LogP contribution in [0, 0.1) is 11.8 Å². The Labute approximate surface area is 286 Å². The van der Waals surface area contributed by atoms with Crippen molar-refractivity contribution in [3.05, 3.63) is 76.1 Å². The molecule has 2 aromatic carbocycles. The number of amides is 1. The Kier molecular flexibility index (Phi) is 6.89. The van der Waals surface area contributed by atoms with Crippen LogP contribution in [0.25, 0.3) is 55.7 Å². The number of piperidine rings is 1. The van der Waals surface area contributed by atoms with Crippen molar-refractivity contribution in [1.29, 1.82) is 0 Å². The van der Waals surface area contributed by atoms with Crippen LogP contribution in [0.4, 0.5) is 0 Å². The second kappa shape index (κ2) is 11.3. The Morgan fingerprint density at radius 3 is 2.56 bits per heavy atom. The summed E-state index contributed by atoms with van der Waals surface area (Å²) in [4.78, 5) is 54.0. The number of fused-ring (bicyclic) bond motifs is 5. The Balaban J connectivity index is 1.13. The molecule has 2 unspecified atom stereocenters. The van der Waals surface area contributed by atoms with Crippen molar-refractivity contribution in [3.63, 3.8) is 0 Å². The molecule has 0 spiro atoms. The maximum Gasteiger partial charge on any atom is 0.354 e. The first-order valence-electron chi connectivity index (χ1n) is 17.1. The van der Waals surface area contributed by atoms with Crippen LogP contribution in [0.3, 0.4) is 0 Å². The van der Waals surface area contributed by atoms with E-state index in [9.17, 15) is 14.4 Å². The molecule has 2 bridgehead atoms. The van der Waals surface area contributed by atoms with Crippen molar-refractivity contribution in [2.75, 3.05) is 20.8 Å². The number of nitrogens with one attached hydrogen (secondary N) is 1. The fourth-order valence-corrected chi connectivity index (χ4v) is 8.11. The molecule has 3 fully saturated rings. The fraction of sp³-hybridized carbons (Fsp3) is 0.342. The van der Waals surface area contributed by atoms with Crippen LogP contribution in [0.15, 0.2) is 59.4 Å². The summed E-state index contributed by atoms with van der Waals surface area (Å²) in [6, 6.07) is 16.7. The average Bonchev–Trinajstić information content (AvgIpc) is 3.53. The van der Waals surface area contributed by atoms with Crippen molar-refractivity contribution in [1.82, 2.24) is 29.0 Å². The van der Waals surface area contributed by atoms with Crippen molar-refractivity contribution in [3.8, 4) is 28.5 Å². The molecule has 12 nitrogen and oxygen atoms in total. The number of nitrogens with two attached hydrogens (primary N) is 1. The summed E-state index contributed by atoms with van der Waals surface area (Å²) in [6.07, 6.45) is 4.34. The number of aromatic nitrogens is 5. The molecule has 254 valence electrons. The first-order chi connectivity index (χ1) is 24.2. The van der Waals surface area contributed by atoms with E-state index >= 15 is 0 Å². The number of hydrogen-bond donors (Lipinski definition) is 2. The van der Waals surface area contributed by atoms with Gasteiger partial charge < -0.3 is 34.2 Å². The van der Waals surface area contributed by atoms with Gasteiger partial charge in [0.2, 0.25) is 0 Å². The van der Waals surface area contributed by atoms with E-state index < -0.39 is 5.97 Å². The number of carbonyl (C=O) groups excluding carboxylic acids is 2. The fourth-order valence-electron chi connectivity index (χ4n) is 8.11. The summed E-state index contributed by atoms with van der Waals surface area (Å²) in [7, 11) is 4.88. The Morgan fingerprint density at radius 2 is 1.84 bits per heavy atom. The lowest BCUT2D eigenvalue weighted by atomic mass is 10.1. The summed E-state index contributed by atoms with van der Waals surface area (Å²) in [6.45, 7) is 1.49. The second-order valence-electron chi connectivity index (χ2n) is 14.0. The number of carbonyl (C=O) groups is 2. The molecule has 50 heavy (non-hydrogen) atoms. The summed E-state index contributed by atoms with van der Waals surface area (Å²) >= 11 is 0. The van der Waals surface area contributed by atoms with Gasteiger partial charge in [0.1, 0.15) is 22.6 Å². The Hall–Kier alpha value is -5.49. The molecule has 0 radical (unpaired) electrons. The van der Waals surface area contributed by atoms with Crippen molar-refractivity contribution in [2.24, 2.45) is 24.6 Å². The van der Waals surface area contributed by atoms with Crippen molar-refractivity contribution in [2.45, 2.75) is 44.3 Å². The van der Waals surface area contributed by atoms with Crippen LogP contribution in [-0.2, 0) is 18.3 Å². The SMILES string of the molecule is COC(=O)c1cc(=O)c2cc(-c3ccc4cc(-c5nc6cc(C(=O)N7CC8CCC7[C@@H]8N)cc(OC)c6n5C)n(CC5CC5)c4n3)ccc2[nH]1. The highest BCUT2D eigenvalue weighted by Crippen LogP contribution is 2.40. The minimum absolute atomic E-state index is 0.0285. The molecule has 12 heteroatoms. The van der Waals surface area contributed by atoms with E-state index in [0.717, 1.165) is 71.6 Å². The lowest BCUT2D eigenvalue weighted by Gasteiger charge is -2.27. The van der Waals surface area contributed by atoms with Crippen LogP contribution >= 0.6 is 0 Å². The number of imidazole rings is 1. The van der Waals surface area contributed by atoms with Gasteiger partial charge >= 0.3 is 5.97 Å². The van der Waals surface area contributed by atoms with Gasteiger partial charge in [0, 0.05) is 65.7 Å². The highest BCUT2D eigenvalue weighted by atomic mass is 16.5. The summed E-state index contributed by atoms with van der Waals surface area (Å²) in [5.74, 6) is 1.64. The molecule has 3 aliphatic rings. The maximum atomic E-state index is 13.8. The molecule has 5 heterocycles. The van der Waals surface area contributed by atoms with E-state index in [0.29, 0.717) is 46.1 Å². The van der Waals surface area contributed by atoms with Gasteiger partial charge in [-0.2, -0.15) is 0 Å². The molecule has 9 rings (SSSR count). The number of benzene rings is 2. The lowest BCUT2D eigenvalue weighted by Crippen LogP contribution is -2.41. The van der Waals surface area contributed by atoms with Crippen molar-refractivity contribution >= 4 is 44.8 Å². The molecule has 3 N–H and O–H groups in total. The van der Waals surface area contributed by atoms with E-state index in [1.807, 2.05) is 46.8 Å². The van der Waals surface area contributed by atoms with E-state index in [2.05, 4.69) is 15.6 Å². The van der Waals surface area contributed by atoms with Crippen molar-refractivity contribution < 1.29 is 19.1 Å². The topological polar surface area (TPSA) is 150 Å². The van der Waals surface area contributed by atoms with Gasteiger partial charge in [0.25, 0.3) is 5.91 Å². The predicted octanol–water partition coefficient (Wildman–Crippen LogP) is 4.87. The van der Waals surface area contributed by atoms with Crippen LogP contribution < -0.4 is 15.9 Å². The quantitative estimate of drug-likeness (QED) is 0.229. The monoisotopic (exact) mass is 671 g/mol. The average molecular weight is 672 g/mol. The number of aryl methyl sites for hydroxylation is 1. The van der Waals surface area contributed by atoms with E-state index in [4.69, 9.17) is 25.2 Å². The number of rotatable bonds is 7. The zero-order chi connectivity index (χ0) is 34.4. The lowest BCUT2D eigenvalue weighted by molar-refractivity contribution is 0.0593. The number of pyridine rings is 2. The molecule has 4 aromatic heterocycles. The minimum atomic E-state index is -0.598. The molecule has 1 amide bonds. The zero-order valence-corrected chi connectivity index (χ0v) is 28.1. The Bertz CT molecular complexity index is 2460. The predicted molar refractivity (Wildman–Crippen MR) is 189 cm³/mol. The van der Waals surface area contributed by atoms with E-state index in [1.165, 1.54) is 13.2 Å². The molecule has 2 saturated carbocycles. The molecule has 6 aromatic rings.